The summed E-state index contributed by atoms with van der Waals surface area (Å²) in [5.41, 5.74) is 5.20. The monoisotopic (exact) mass is 363 g/mol. The number of nitrogens with zero attached hydrogens (tertiary/aromatic N) is 1. The predicted octanol–water partition coefficient (Wildman–Crippen LogP) is 1.63. The molecule has 0 unspecified atom stereocenters. The second-order valence-electron chi connectivity index (χ2n) is 5.52. The number of nitrogens with one attached hydrogen (secondary N) is 1. The lowest BCUT2D eigenvalue weighted by molar-refractivity contribution is -0.385. The van der Waals surface area contributed by atoms with Crippen molar-refractivity contribution in [1.82, 2.24) is 5.32 Å². The van der Waals surface area contributed by atoms with Gasteiger partial charge in [0.05, 0.1) is 11.3 Å². The third kappa shape index (κ3) is 4.82. The summed E-state index contributed by atoms with van der Waals surface area (Å²) in [7, 11) is 0. The fourth-order valence-corrected chi connectivity index (χ4v) is 2.39. The Labute approximate surface area is 147 Å². The molecule has 0 aromatic heterocycles. The lowest BCUT2D eigenvalue weighted by Crippen LogP contribution is -2.46. The van der Waals surface area contributed by atoms with Crippen LogP contribution in [0.15, 0.2) is 42.5 Å². The minimum atomic E-state index is -1.22. The number of nitro benzene ring substituents is 1. The summed E-state index contributed by atoms with van der Waals surface area (Å²) in [5, 5.41) is 13.4. The number of benzene rings is 2. The third-order valence-corrected chi connectivity index (χ3v) is 3.66. The van der Waals surface area contributed by atoms with E-state index >= 15 is 0 Å². The van der Waals surface area contributed by atoms with Crippen molar-refractivity contribution >= 4 is 17.5 Å². The van der Waals surface area contributed by atoms with Crippen LogP contribution in [0.25, 0.3) is 0 Å². The zero-order chi connectivity index (χ0) is 19.3. The third-order valence-electron chi connectivity index (χ3n) is 3.66. The number of rotatable bonds is 7. The SMILES string of the molecule is NC(=O)[C@H](Cc1ccccc1[N+](=O)[O-])NC(=O)Cc1ccc(F)cc1F. The fourth-order valence-electron chi connectivity index (χ4n) is 2.39. The van der Waals surface area contributed by atoms with E-state index in [-0.39, 0.29) is 23.2 Å². The highest BCUT2D eigenvalue weighted by atomic mass is 19.1. The Balaban J connectivity index is 2.12. The Morgan fingerprint density at radius 2 is 1.85 bits per heavy atom. The van der Waals surface area contributed by atoms with Crippen molar-refractivity contribution in [3.05, 3.63) is 75.3 Å². The van der Waals surface area contributed by atoms with Gasteiger partial charge in [0, 0.05) is 24.1 Å². The van der Waals surface area contributed by atoms with Gasteiger partial charge in [-0.25, -0.2) is 8.78 Å². The van der Waals surface area contributed by atoms with Crippen LogP contribution >= 0.6 is 0 Å². The van der Waals surface area contributed by atoms with Crippen molar-refractivity contribution < 1.29 is 23.3 Å². The lowest BCUT2D eigenvalue weighted by atomic mass is 10.0. The molecule has 0 fully saturated rings. The molecule has 2 aromatic rings. The van der Waals surface area contributed by atoms with Crippen LogP contribution in [-0.2, 0) is 22.4 Å². The van der Waals surface area contributed by atoms with Gasteiger partial charge in [0.1, 0.15) is 17.7 Å². The van der Waals surface area contributed by atoms with Crippen molar-refractivity contribution in [3.63, 3.8) is 0 Å². The summed E-state index contributed by atoms with van der Waals surface area (Å²) >= 11 is 0. The van der Waals surface area contributed by atoms with E-state index < -0.39 is 40.8 Å². The highest BCUT2D eigenvalue weighted by Gasteiger charge is 2.23. The molecule has 0 aliphatic heterocycles. The van der Waals surface area contributed by atoms with Crippen LogP contribution in [-0.4, -0.2) is 22.8 Å². The minimum absolute atomic E-state index is 0.0576. The quantitative estimate of drug-likeness (QED) is 0.574. The number of carbonyl (C=O) groups is 2. The molecule has 0 saturated heterocycles. The normalized spacial score (nSPS) is 11.6. The number of hydrogen-bond acceptors (Lipinski definition) is 4. The molecule has 0 spiro atoms. The van der Waals surface area contributed by atoms with Crippen LogP contribution in [0.4, 0.5) is 14.5 Å². The minimum Gasteiger partial charge on any atom is -0.368 e. The van der Waals surface area contributed by atoms with Crippen molar-refractivity contribution in [2.45, 2.75) is 18.9 Å². The molecule has 2 amide bonds. The molecular weight excluding hydrogens is 348 g/mol. The van der Waals surface area contributed by atoms with Gasteiger partial charge in [0.2, 0.25) is 11.8 Å². The molecule has 9 heteroatoms. The molecule has 7 nitrogen and oxygen atoms in total. The first-order valence-electron chi connectivity index (χ1n) is 7.53. The van der Waals surface area contributed by atoms with Crippen LogP contribution in [0.2, 0.25) is 0 Å². The maximum Gasteiger partial charge on any atom is 0.272 e. The van der Waals surface area contributed by atoms with Crippen LogP contribution in [0.1, 0.15) is 11.1 Å². The Hall–Kier alpha value is -3.36. The lowest BCUT2D eigenvalue weighted by Gasteiger charge is -2.16. The molecule has 0 heterocycles. The van der Waals surface area contributed by atoms with E-state index in [0.29, 0.717) is 6.07 Å². The highest BCUT2D eigenvalue weighted by molar-refractivity contribution is 5.87. The number of amides is 2. The van der Waals surface area contributed by atoms with Crippen molar-refractivity contribution in [2.24, 2.45) is 5.73 Å². The first-order valence-corrected chi connectivity index (χ1v) is 7.53. The van der Waals surface area contributed by atoms with E-state index in [1.165, 1.54) is 18.2 Å². The second kappa shape index (κ2) is 8.15. The summed E-state index contributed by atoms with van der Waals surface area (Å²) in [4.78, 5) is 34.1. The van der Waals surface area contributed by atoms with Gasteiger partial charge in [-0.1, -0.05) is 24.3 Å². The van der Waals surface area contributed by atoms with E-state index in [1.807, 2.05) is 0 Å². The molecule has 0 aliphatic carbocycles. The van der Waals surface area contributed by atoms with Gasteiger partial charge < -0.3 is 11.1 Å². The predicted molar refractivity (Wildman–Crippen MR) is 88.0 cm³/mol. The Morgan fingerprint density at radius 3 is 2.46 bits per heavy atom. The van der Waals surface area contributed by atoms with E-state index in [0.717, 1.165) is 12.1 Å². The summed E-state index contributed by atoms with van der Waals surface area (Å²) in [6.07, 6.45) is -0.628. The van der Waals surface area contributed by atoms with E-state index in [4.69, 9.17) is 5.73 Å². The number of carbonyl (C=O) groups excluding carboxylic acids is 2. The Morgan fingerprint density at radius 1 is 1.15 bits per heavy atom. The average Bonchev–Trinajstić information content (AvgIpc) is 2.57. The summed E-state index contributed by atoms with van der Waals surface area (Å²) in [6, 6.07) is 7.28. The Kier molecular flexibility index (Phi) is 5.94. The maximum atomic E-state index is 13.6. The summed E-state index contributed by atoms with van der Waals surface area (Å²) in [6.45, 7) is 0. The van der Waals surface area contributed by atoms with Gasteiger partial charge in [-0.3, -0.25) is 19.7 Å². The standard InChI is InChI=1S/C17H15F2N3O4/c18-12-6-5-10(13(19)9-12)8-16(23)21-14(17(20)24)7-11-3-1-2-4-15(11)22(25)26/h1-6,9,14H,7-8H2,(H2,20,24)(H,21,23)/t14-/m0/s1. The Bertz CT molecular complexity index is 858. The van der Waals surface area contributed by atoms with Gasteiger partial charge >= 0.3 is 0 Å². The molecule has 3 N–H and O–H groups in total. The average molecular weight is 363 g/mol. The number of halogens is 2. The van der Waals surface area contributed by atoms with Crippen LogP contribution in [0.3, 0.4) is 0 Å². The number of hydrogen-bond donors (Lipinski definition) is 2. The fraction of sp³-hybridized carbons (Fsp3) is 0.176. The summed E-state index contributed by atoms with van der Waals surface area (Å²) in [5.74, 6) is -3.29. The molecule has 1 atom stereocenters. The van der Waals surface area contributed by atoms with Crippen LogP contribution in [0.5, 0.6) is 0 Å². The van der Waals surface area contributed by atoms with Crippen LogP contribution < -0.4 is 11.1 Å². The molecule has 136 valence electrons. The maximum absolute atomic E-state index is 13.6. The van der Waals surface area contributed by atoms with Crippen molar-refractivity contribution in [1.29, 1.82) is 0 Å². The molecule has 0 radical (unpaired) electrons. The number of primary amides is 1. The number of nitro groups is 1. The van der Waals surface area contributed by atoms with Gasteiger partial charge in [-0.15, -0.1) is 0 Å². The van der Waals surface area contributed by atoms with E-state index in [9.17, 15) is 28.5 Å². The molecular formula is C17H15F2N3O4. The van der Waals surface area contributed by atoms with E-state index in [2.05, 4.69) is 5.32 Å². The second-order valence-corrected chi connectivity index (χ2v) is 5.52. The first kappa shape index (κ1) is 19.0. The van der Waals surface area contributed by atoms with Gasteiger partial charge in [-0.2, -0.15) is 0 Å². The van der Waals surface area contributed by atoms with Gasteiger partial charge in [0.25, 0.3) is 5.69 Å². The molecule has 2 aromatic carbocycles. The highest BCUT2D eigenvalue weighted by Crippen LogP contribution is 2.19. The molecule has 0 bridgehead atoms. The number of nitrogens with two attached hydrogens (primary N) is 1. The largest absolute Gasteiger partial charge is 0.368 e. The molecule has 0 saturated carbocycles. The molecule has 26 heavy (non-hydrogen) atoms. The van der Waals surface area contributed by atoms with Gasteiger partial charge in [0.15, 0.2) is 0 Å². The molecule has 0 aliphatic rings. The smallest absolute Gasteiger partial charge is 0.272 e. The van der Waals surface area contributed by atoms with Crippen LogP contribution in [0, 0.1) is 21.7 Å². The zero-order valence-electron chi connectivity index (χ0n) is 13.4. The molecule has 2 rings (SSSR count). The summed E-state index contributed by atoms with van der Waals surface area (Å²) < 4.78 is 26.5. The van der Waals surface area contributed by atoms with Crippen molar-refractivity contribution in [3.8, 4) is 0 Å². The zero-order valence-corrected chi connectivity index (χ0v) is 13.4. The first-order chi connectivity index (χ1) is 12.3. The van der Waals surface area contributed by atoms with E-state index in [1.54, 1.807) is 6.07 Å². The van der Waals surface area contributed by atoms with Gasteiger partial charge in [-0.05, 0) is 11.6 Å². The number of para-hydroxylation sites is 1. The van der Waals surface area contributed by atoms with Crippen molar-refractivity contribution in [2.75, 3.05) is 0 Å². The topological polar surface area (TPSA) is 115 Å².